The topological polar surface area (TPSA) is 83.5 Å². The molecule has 1 aromatic heterocycles. The first-order chi connectivity index (χ1) is 9.94. The smallest absolute Gasteiger partial charge is 0.176 e. The Kier molecular flexibility index (Phi) is 4.69. The highest BCUT2D eigenvalue weighted by Crippen LogP contribution is 2.16. The molecule has 110 valence electrons. The molecule has 1 heterocycles. The molecule has 0 aliphatic carbocycles. The fourth-order valence-electron chi connectivity index (χ4n) is 1.86. The van der Waals surface area contributed by atoms with Crippen LogP contribution in [-0.2, 0) is 0 Å². The molecule has 0 aliphatic heterocycles. The number of nitrogens with zero attached hydrogens (tertiary/aromatic N) is 2. The zero-order chi connectivity index (χ0) is 15.4. The Balaban J connectivity index is 2.01. The van der Waals surface area contributed by atoms with Gasteiger partial charge in [0.25, 0.3) is 0 Å². The molecule has 0 atom stereocenters. The van der Waals surface area contributed by atoms with Gasteiger partial charge in [0.1, 0.15) is 5.82 Å². The molecule has 3 N–H and O–H groups in total. The normalized spacial score (nSPS) is 10.1. The lowest BCUT2D eigenvalue weighted by atomic mass is 10.2. The van der Waals surface area contributed by atoms with E-state index in [0.29, 0.717) is 16.6 Å². The molecule has 0 bridgehead atoms. The van der Waals surface area contributed by atoms with Crippen LogP contribution in [0.3, 0.4) is 0 Å². The van der Waals surface area contributed by atoms with Gasteiger partial charge in [-0.1, -0.05) is 0 Å². The van der Waals surface area contributed by atoms with Crippen molar-refractivity contribution in [1.29, 1.82) is 0 Å². The van der Waals surface area contributed by atoms with Gasteiger partial charge in [-0.25, -0.2) is 4.98 Å². The summed E-state index contributed by atoms with van der Waals surface area (Å²) in [5.74, 6) is 0.669. The number of anilines is 3. The van der Waals surface area contributed by atoms with Crippen LogP contribution in [0.4, 0.5) is 17.2 Å². The fourth-order valence-corrected chi connectivity index (χ4v) is 2.08. The molecule has 0 aliphatic rings. The summed E-state index contributed by atoms with van der Waals surface area (Å²) in [4.78, 5) is 4.33. The summed E-state index contributed by atoms with van der Waals surface area (Å²) in [7, 11) is 0. The molecule has 0 amide bonds. The van der Waals surface area contributed by atoms with Crippen LogP contribution in [0.2, 0.25) is 0 Å². The average molecular weight is 303 g/mol. The van der Waals surface area contributed by atoms with Gasteiger partial charge in [0.2, 0.25) is 0 Å². The molecule has 0 radical (unpaired) electrons. The van der Waals surface area contributed by atoms with E-state index < -0.39 is 0 Å². The summed E-state index contributed by atoms with van der Waals surface area (Å²) >= 11 is 5.21. The first-order valence-corrected chi connectivity index (χ1v) is 6.64. The number of pyridine rings is 1. The van der Waals surface area contributed by atoms with Crippen molar-refractivity contribution in [3.05, 3.63) is 52.9 Å². The highest BCUT2D eigenvalue weighted by atomic mass is 32.1. The van der Waals surface area contributed by atoms with Gasteiger partial charge in [0.15, 0.2) is 5.11 Å². The van der Waals surface area contributed by atoms with Crippen molar-refractivity contribution in [2.45, 2.75) is 13.8 Å². The van der Waals surface area contributed by atoms with E-state index in [1.807, 2.05) is 26.0 Å². The second kappa shape index (κ2) is 6.49. The minimum Gasteiger partial charge on any atom is -0.733 e. The molecule has 1 aromatic carbocycles. The van der Waals surface area contributed by atoms with E-state index in [1.54, 1.807) is 12.1 Å². The van der Waals surface area contributed by atoms with Crippen molar-refractivity contribution in [2.75, 3.05) is 15.9 Å². The van der Waals surface area contributed by atoms with Gasteiger partial charge in [0, 0.05) is 11.4 Å². The number of benzene rings is 1. The Morgan fingerprint density at radius 1 is 1.19 bits per heavy atom. The Morgan fingerprint density at radius 2 is 1.86 bits per heavy atom. The predicted molar refractivity (Wildman–Crippen MR) is 87.6 cm³/mol. The zero-order valence-electron chi connectivity index (χ0n) is 11.6. The molecule has 0 spiro atoms. The number of thiocarbonyl (C=S) groups is 1. The maximum absolute atomic E-state index is 10.7. The summed E-state index contributed by atoms with van der Waals surface area (Å²) < 4.78 is 0. The Labute approximate surface area is 128 Å². The van der Waals surface area contributed by atoms with Gasteiger partial charge in [-0.3, -0.25) is 5.21 Å². The molecular formula is C14H15N4O2S-. The van der Waals surface area contributed by atoms with Crippen LogP contribution >= 0.6 is 12.2 Å². The van der Waals surface area contributed by atoms with Crippen LogP contribution in [0.15, 0.2) is 36.4 Å². The van der Waals surface area contributed by atoms with Crippen LogP contribution in [-0.4, -0.2) is 15.3 Å². The molecule has 0 saturated carbocycles. The van der Waals surface area contributed by atoms with E-state index >= 15 is 0 Å². The summed E-state index contributed by atoms with van der Waals surface area (Å²) in [6, 6.07) is 10.1. The number of aromatic nitrogens is 1. The third kappa shape index (κ3) is 4.38. The molecule has 2 rings (SSSR count). The molecule has 2 aromatic rings. The lowest BCUT2D eigenvalue weighted by Crippen LogP contribution is -2.20. The number of rotatable bonds is 3. The first-order valence-electron chi connectivity index (χ1n) is 6.23. The maximum atomic E-state index is 10.7. The molecule has 0 saturated heterocycles. The van der Waals surface area contributed by atoms with E-state index in [2.05, 4.69) is 15.6 Å². The van der Waals surface area contributed by atoms with Crippen molar-refractivity contribution < 1.29 is 5.21 Å². The summed E-state index contributed by atoms with van der Waals surface area (Å²) in [6.07, 6.45) is 0. The van der Waals surface area contributed by atoms with Crippen molar-refractivity contribution >= 4 is 34.5 Å². The SMILES string of the molecule is Cc1cc(C)nc(NC(=S)Nc2ccc(N([O-])O)cc2)c1. The quantitative estimate of drug-likeness (QED) is 0.593. The van der Waals surface area contributed by atoms with Crippen LogP contribution in [0.5, 0.6) is 0 Å². The van der Waals surface area contributed by atoms with E-state index in [-0.39, 0.29) is 10.9 Å². The highest BCUT2D eigenvalue weighted by molar-refractivity contribution is 7.80. The fraction of sp³-hybridized carbons (Fsp3) is 0.143. The standard InChI is InChI=1S/C14H15N4O2S/c1-9-7-10(2)15-13(8-9)17-14(21)16-11-3-5-12(6-4-11)18(19)20/h3-8,19H,1-2H3,(H2,15,16,17,21)/q-1. The minimum atomic E-state index is -0.195. The lowest BCUT2D eigenvalue weighted by Gasteiger charge is -2.21. The molecule has 21 heavy (non-hydrogen) atoms. The molecule has 7 heteroatoms. The van der Waals surface area contributed by atoms with Crippen LogP contribution in [0.25, 0.3) is 0 Å². The van der Waals surface area contributed by atoms with Crippen LogP contribution < -0.4 is 15.9 Å². The third-order valence-electron chi connectivity index (χ3n) is 2.69. The Bertz CT molecular complexity index is 624. The molecule has 0 unspecified atom stereocenters. The summed E-state index contributed by atoms with van der Waals surface area (Å²) in [5, 5.41) is 25.6. The highest BCUT2D eigenvalue weighted by Gasteiger charge is 2.02. The van der Waals surface area contributed by atoms with Gasteiger partial charge < -0.3 is 21.1 Å². The van der Waals surface area contributed by atoms with Gasteiger partial charge >= 0.3 is 0 Å². The van der Waals surface area contributed by atoms with Crippen LogP contribution in [0.1, 0.15) is 11.3 Å². The van der Waals surface area contributed by atoms with Crippen molar-refractivity contribution in [3.8, 4) is 0 Å². The predicted octanol–water partition coefficient (Wildman–Crippen LogP) is 3.20. The maximum Gasteiger partial charge on any atom is 0.176 e. The number of nitrogens with one attached hydrogen (secondary N) is 2. The molecule has 0 fully saturated rings. The number of hydrogen-bond donors (Lipinski definition) is 3. The van der Waals surface area contributed by atoms with Gasteiger partial charge in [-0.05, 0) is 68.0 Å². The Morgan fingerprint density at radius 3 is 2.43 bits per heavy atom. The lowest BCUT2D eigenvalue weighted by molar-refractivity contribution is 0.296. The zero-order valence-corrected chi connectivity index (χ0v) is 12.4. The largest absolute Gasteiger partial charge is 0.733 e. The number of hydrogen-bond acceptors (Lipinski definition) is 5. The van der Waals surface area contributed by atoms with Crippen LogP contribution in [0, 0.1) is 19.1 Å². The second-order valence-corrected chi connectivity index (χ2v) is 4.98. The average Bonchev–Trinajstić information content (AvgIpc) is 2.37. The van der Waals surface area contributed by atoms with Gasteiger partial charge in [-0.15, -0.1) is 0 Å². The number of aryl methyl sites for hydroxylation is 2. The van der Waals surface area contributed by atoms with Crippen molar-refractivity contribution in [3.63, 3.8) is 0 Å². The van der Waals surface area contributed by atoms with E-state index in [9.17, 15) is 5.21 Å². The molecule has 6 nitrogen and oxygen atoms in total. The van der Waals surface area contributed by atoms with Gasteiger partial charge in [0.05, 0.1) is 5.69 Å². The monoisotopic (exact) mass is 303 g/mol. The van der Waals surface area contributed by atoms with E-state index in [4.69, 9.17) is 17.4 Å². The van der Waals surface area contributed by atoms with Crippen molar-refractivity contribution in [2.24, 2.45) is 0 Å². The Hall–Kier alpha value is -2.22. The second-order valence-electron chi connectivity index (χ2n) is 4.57. The summed E-state index contributed by atoms with van der Waals surface area (Å²) in [6.45, 7) is 3.90. The summed E-state index contributed by atoms with van der Waals surface area (Å²) in [5.41, 5.74) is 2.84. The first kappa shape index (κ1) is 15.2. The molecular weight excluding hydrogens is 288 g/mol. The third-order valence-corrected chi connectivity index (χ3v) is 2.89. The van der Waals surface area contributed by atoms with Crippen molar-refractivity contribution in [1.82, 2.24) is 4.98 Å². The van der Waals surface area contributed by atoms with Gasteiger partial charge in [-0.2, -0.15) is 0 Å². The van der Waals surface area contributed by atoms with E-state index in [1.165, 1.54) is 12.1 Å². The van der Waals surface area contributed by atoms with E-state index in [0.717, 1.165) is 11.3 Å². The minimum absolute atomic E-state index is 0.149.